The topological polar surface area (TPSA) is 18.5 Å². The standard InChI is InChI=1S/C54H44O2.2ClH.Zr/c1-35-33-51-45(41-21-17-37(18-22-41)39-25-29-43(55-3)30-26-39)11-5-7-15-49(51)53(35)47-13-9-10-14-48(47)54-36(2)34-52-46(12-6-8-16-50(52)54)42-23-19-38(20-24-42)40-27-31-44(56-4)32-28-40;;;/h5-34,45-46H,1-4H3;2*1H;/q;;;+2/p-2. The van der Waals surface area contributed by atoms with Crippen molar-refractivity contribution in [1.82, 2.24) is 0 Å². The van der Waals surface area contributed by atoms with Crippen molar-refractivity contribution in [3.63, 3.8) is 0 Å². The maximum absolute atomic E-state index is 8.60. The monoisotopic (exact) mass is 884 g/mol. The van der Waals surface area contributed by atoms with Gasteiger partial charge >= 0.3 is 338 Å². The summed E-state index contributed by atoms with van der Waals surface area (Å²) in [5.41, 5.74) is 17.2. The molecule has 1 aliphatic heterocycles. The van der Waals surface area contributed by atoms with Gasteiger partial charge in [-0.1, -0.05) is 0 Å². The molecule has 0 bridgehead atoms. The van der Waals surface area contributed by atoms with Crippen molar-refractivity contribution in [3.8, 4) is 33.8 Å². The fraction of sp³-hybridized carbons (Fsp3) is 0.148. The van der Waals surface area contributed by atoms with E-state index in [0.29, 0.717) is 0 Å². The van der Waals surface area contributed by atoms with E-state index in [9.17, 15) is 0 Å². The van der Waals surface area contributed by atoms with Crippen LogP contribution in [0.3, 0.4) is 0 Å². The van der Waals surface area contributed by atoms with Gasteiger partial charge in [0.1, 0.15) is 0 Å². The Balaban J connectivity index is 1.08. The third-order valence-corrected chi connectivity index (χ3v) is 29.4. The van der Waals surface area contributed by atoms with Gasteiger partial charge in [0.2, 0.25) is 0 Å². The van der Waals surface area contributed by atoms with Gasteiger partial charge < -0.3 is 9.47 Å². The molecule has 4 unspecified atom stereocenters. The van der Waals surface area contributed by atoms with Crippen LogP contribution in [-0.4, -0.2) is 14.2 Å². The van der Waals surface area contributed by atoms with Crippen molar-refractivity contribution >= 4 is 17.0 Å². The second-order valence-electron chi connectivity index (χ2n) is 16.2. The molecule has 59 heavy (non-hydrogen) atoms. The van der Waals surface area contributed by atoms with Gasteiger partial charge in [-0.15, -0.1) is 0 Å². The summed E-state index contributed by atoms with van der Waals surface area (Å²) in [5.74, 6) is 1.79. The molecule has 290 valence electrons. The first kappa shape index (κ1) is 38.3. The van der Waals surface area contributed by atoms with Gasteiger partial charge in [-0.25, -0.2) is 0 Å². The zero-order valence-corrected chi connectivity index (χ0v) is 37.5. The number of fused-ring (bicyclic) bond motifs is 5. The molecular formula is C54H44Cl2O2Zr. The van der Waals surface area contributed by atoms with Crippen LogP contribution in [0, 0.1) is 0 Å². The van der Waals surface area contributed by atoms with Gasteiger partial charge in [0.15, 0.2) is 0 Å². The average molecular weight is 887 g/mol. The van der Waals surface area contributed by atoms with Crippen LogP contribution < -0.4 is 9.47 Å². The SMILES string of the molecule is COc1ccc(-c2ccc(C3C=CC=CC4=C3C=C(C)[C]43c4ccccc4[C]4(C(C)=CC5=C4C=CC=CC5c4ccc(-c5ccc(OC)cc5)cc4)[Zr]3([Cl])[Cl])cc2)cc1. The molecule has 0 saturated heterocycles. The van der Waals surface area contributed by atoms with Crippen molar-refractivity contribution in [2.75, 3.05) is 14.2 Å². The molecule has 0 saturated carbocycles. The minimum absolute atomic E-state index is 0.0422. The quantitative estimate of drug-likeness (QED) is 0.169. The maximum atomic E-state index is 8.60. The predicted octanol–water partition coefficient (Wildman–Crippen LogP) is 14.2. The summed E-state index contributed by atoms with van der Waals surface area (Å²) in [6.45, 7) is 4.56. The van der Waals surface area contributed by atoms with E-state index in [2.05, 4.69) is 172 Å². The van der Waals surface area contributed by atoms with Crippen LogP contribution in [0.15, 0.2) is 216 Å². The van der Waals surface area contributed by atoms with E-state index in [1.165, 1.54) is 66.8 Å². The van der Waals surface area contributed by atoms with Gasteiger partial charge in [-0.3, -0.25) is 0 Å². The molecule has 0 radical (unpaired) electrons. The number of allylic oxidation sites excluding steroid dienone is 16. The number of hydrogen-bond donors (Lipinski definition) is 0. The zero-order valence-electron chi connectivity index (χ0n) is 33.5. The van der Waals surface area contributed by atoms with Crippen LogP contribution in [0.5, 0.6) is 11.5 Å². The van der Waals surface area contributed by atoms with Crippen LogP contribution in [0.25, 0.3) is 22.3 Å². The Bertz CT molecular complexity index is 2570. The van der Waals surface area contributed by atoms with Crippen LogP contribution in [-0.2, 0) is 24.1 Å². The van der Waals surface area contributed by atoms with Crippen molar-refractivity contribution in [1.29, 1.82) is 0 Å². The predicted molar refractivity (Wildman–Crippen MR) is 242 cm³/mol. The average Bonchev–Trinajstić information content (AvgIpc) is 3.62. The molecule has 4 aliphatic carbocycles. The van der Waals surface area contributed by atoms with E-state index >= 15 is 0 Å². The molecule has 0 N–H and O–H groups in total. The van der Waals surface area contributed by atoms with E-state index in [1.54, 1.807) is 14.2 Å². The second-order valence-corrected chi connectivity index (χ2v) is 30.5. The number of hydrogen-bond acceptors (Lipinski definition) is 2. The number of halogens is 2. The first-order valence-electron chi connectivity index (χ1n) is 20.3. The molecule has 5 heteroatoms. The van der Waals surface area contributed by atoms with Crippen LogP contribution in [0.4, 0.5) is 0 Å². The van der Waals surface area contributed by atoms with E-state index in [1.807, 2.05) is 24.3 Å². The van der Waals surface area contributed by atoms with Gasteiger partial charge in [0.05, 0.1) is 14.2 Å². The summed E-state index contributed by atoms with van der Waals surface area (Å²) in [5, 5.41) is 0. The van der Waals surface area contributed by atoms with Crippen molar-refractivity contribution in [2.24, 2.45) is 0 Å². The van der Waals surface area contributed by atoms with Crippen molar-refractivity contribution in [2.45, 2.75) is 31.9 Å². The minimum atomic E-state index is -4.67. The fourth-order valence-electron chi connectivity index (χ4n) is 10.7. The Morgan fingerprint density at radius 2 is 0.831 bits per heavy atom. The molecule has 0 amide bonds. The molecule has 5 aromatic carbocycles. The number of methoxy groups -OCH3 is 2. The van der Waals surface area contributed by atoms with Gasteiger partial charge in [0, 0.05) is 0 Å². The Kier molecular flexibility index (Phi) is 9.52. The van der Waals surface area contributed by atoms with E-state index in [-0.39, 0.29) is 11.8 Å². The van der Waals surface area contributed by atoms with Crippen LogP contribution >= 0.6 is 17.0 Å². The summed E-state index contributed by atoms with van der Waals surface area (Å²) in [6.07, 6.45) is 22.9. The molecule has 1 heterocycles. The van der Waals surface area contributed by atoms with Crippen molar-refractivity contribution < 1.29 is 27.4 Å². The molecule has 4 atom stereocenters. The van der Waals surface area contributed by atoms with Crippen LogP contribution in [0.2, 0.25) is 0 Å². The third-order valence-electron chi connectivity index (χ3n) is 13.4. The molecule has 5 aromatic rings. The fourth-order valence-corrected chi connectivity index (χ4v) is 28.8. The Labute approximate surface area is 359 Å². The first-order chi connectivity index (χ1) is 28.7. The summed E-state index contributed by atoms with van der Waals surface area (Å²) in [7, 11) is 20.6. The normalized spacial score (nSPS) is 24.5. The van der Waals surface area contributed by atoms with Gasteiger partial charge in [0.25, 0.3) is 0 Å². The van der Waals surface area contributed by atoms with Gasteiger partial charge in [-0.2, -0.15) is 0 Å². The number of ether oxygens (including phenoxy) is 2. The molecule has 5 aliphatic rings. The third kappa shape index (κ3) is 5.54. The summed E-state index contributed by atoms with van der Waals surface area (Å²) >= 11 is -4.67. The zero-order chi connectivity index (χ0) is 40.5. The number of benzene rings is 5. The Morgan fingerprint density at radius 1 is 0.475 bits per heavy atom. The van der Waals surface area contributed by atoms with E-state index < -0.39 is 24.1 Å². The summed E-state index contributed by atoms with van der Waals surface area (Å²) in [4.78, 5) is 0. The van der Waals surface area contributed by atoms with Gasteiger partial charge in [-0.05, 0) is 0 Å². The molecule has 2 spiro atoms. The van der Waals surface area contributed by atoms with E-state index in [4.69, 9.17) is 26.5 Å². The van der Waals surface area contributed by atoms with Crippen molar-refractivity contribution in [3.05, 3.63) is 238 Å². The second kappa shape index (κ2) is 14.7. The molecule has 2 nitrogen and oxygen atoms in total. The summed E-state index contributed by atoms with van der Waals surface area (Å²) < 4.78 is 9.59. The Hall–Kier alpha value is -4.92. The molecular weight excluding hydrogens is 843 g/mol. The Morgan fingerprint density at radius 3 is 1.19 bits per heavy atom. The molecule has 0 aromatic heterocycles. The number of rotatable bonds is 6. The molecule has 10 rings (SSSR count). The first-order valence-corrected chi connectivity index (χ1v) is 29.1. The summed E-state index contributed by atoms with van der Waals surface area (Å²) in [6, 6.07) is 43.5. The molecule has 0 fully saturated rings. The van der Waals surface area contributed by atoms with E-state index in [0.717, 1.165) is 22.6 Å². The van der Waals surface area contributed by atoms with Crippen LogP contribution in [0.1, 0.15) is 47.9 Å².